The Labute approximate surface area is 235 Å². The van der Waals surface area contributed by atoms with Crippen LogP contribution in [0.25, 0.3) is 0 Å². The van der Waals surface area contributed by atoms with Crippen LogP contribution >= 0.6 is 0 Å². The van der Waals surface area contributed by atoms with E-state index in [1.165, 1.54) is 12.8 Å². The Morgan fingerprint density at radius 3 is 0.692 bits per heavy atom. The molecule has 0 spiro atoms. The van der Waals surface area contributed by atoms with Gasteiger partial charge in [0.25, 0.3) is 0 Å². The van der Waals surface area contributed by atoms with Gasteiger partial charge in [0.2, 0.25) is 0 Å². The molecular weight excluding hydrogens is 516 g/mol. The maximum absolute atomic E-state index is 8.56. The minimum Gasteiger partial charge on any atom is -0.394 e. The molecule has 0 amide bonds. The molecule has 0 bridgehead atoms. The van der Waals surface area contributed by atoms with Gasteiger partial charge in [-0.15, -0.1) is 0 Å². The number of ether oxygens (including phenoxy) is 11. The number of aliphatic hydroxyl groups is 1. The summed E-state index contributed by atoms with van der Waals surface area (Å²) in [5.41, 5.74) is 0. The highest BCUT2D eigenvalue weighted by molar-refractivity contribution is 4.40. The van der Waals surface area contributed by atoms with Gasteiger partial charge in [0.05, 0.1) is 145 Å². The molecule has 0 aromatic rings. The van der Waals surface area contributed by atoms with E-state index in [1.807, 2.05) is 0 Å². The van der Waals surface area contributed by atoms with Crippen LogP contribution in [0.1, 0.15) is 26.2 Å². The molecule has 0 unspecified atom stereocenters. The van der Waals surface area contributed by atoms with E-state index in [4.69, 9.17) is 57.2 Å². The summed E-state index contributed by atoms with van der Waals surface area (Å²) < 4.78 is 59.4. The molecule has 0 aliphatic carbocycles. The van der Waals surface area contributed by atoms with Crippen LogP contribution in [-0.4, -0.2) is 157 Å². The first-order valence-electron chi connectivity index (χ1n) is 14.4. The van der Waals surface area contributed by atoms with Crippen molar-refractivity contribution in [1.82, 2.24) is 0 Å². The minimum absolute atomic E-state index is 0.0284. The van der Waals surface area contributed by atoms with Crippen LogP contribution in [0.3, 0.4) is 0 Å². The molecule has 0 aliphatic heterocycles. The Bertz CT molecular complexity index is 384. The van der Waals surface area contributed by atoms with Crippen molar-refractivity contribution in [1.29, 1.82) is 0 Å². The summed E-state index contributed by atoms with van der Waals surface area (Å²) >= 11 is 0. The lowest BCUT2D eigenvalue weighted by Gasteiger charge is -2.09. The average molecular weight is 573 g/mol. The zero-order valence-corrected chi connectivity index (χ0v) is 24.3. The predicted octanol–water partition coefficient (Wildman–Crippen LogP) is 1.35. The molecule has 0 aromatic carbocycles. The van der Waals surface area contributed by atoms with E-state index in [0.29, 0.717) is 139 Å². The van der Waals surface area contributed by atoms with Gasteiger partial charge >= 0.3 is 0 Å². The third-order valence-corrected chi connectivity index (χ3v) is 4.85. The summed E-state index contributed by atoms with van der Waals surface area (Å²) in [5, 5.41) is 8.56. The summed E-state index contributed by atoms with van der Waals surface area (Å²) in [6.07, 6.45) is 3.54. The van der Waals surface area contributed by atoms with Crippen LogP contribution in [0, 0.1) is 0 Å². The third kappa shape index (κ3) is 37.5. The number of aliphatic hydroxyl groups excluding tert-OH is 1. The molecule has 236 valence electrons. The summed E-state index contributed by atoms with van der Waals surface area (Å²) in [7, 11) is 0. The summed E-state index contributed by atoms with van der Waals surface area (Å²) in [5.74, 6) is 0. The first-order valence-corrected chi connectivity index (χ1v) is 14.4. The van der Waals surface area contributed by atoms with Gasteiger partial charge in [-0.25, -0.2) is 0 Å². The van der Waals surface area contributed by atoms with E-state index in [9.17, 15) is 0 Å². The van der Waals surface area contributed by atoms with Gasteiger partial charge in [-0.05, 0) is 6.42 Å². The fraction of sp³-hybridized carbons (Fsp3) is 1.00. The maximum Gasteiger partial charge on any atom is 0.0701 e. The van der Waals surface area contributed by atoms with E-state index in [2.05, 4.69) is 6.92 Å². The van der Waals surface area contributed by atoms with E-state index in [-0.39, 0.29) is 6.61 Å². The van der Waals surface area contributed by atoms with Gasteiger partial charge in [-0.3, -0.25) is 0 Å². The van der Waals surface area contributed by atoms with Crippen LogP contribution < -0.4 is 0 Å². The normalized spacial score (nSPS) is 11.5. The fourth-order valence-corrected chi connectivity index (χ4v) is 2.82. The summed E-state index contributed by atoms with van der Waals surface area (Å²) in [6, 6.07) is 0. The second kappa shape index (κ2) is 37.5. The molecule has 0 aromatic heterocycles. The molecule has 0 heterocycles. The highest BCUT2D eigenvalue weighted by Crippen LogP contribution is 1.94. The average Bonchev–Trinajstić information content (AvgIpc) is 2.95. The zero-order valence-electron chi connectivity index (χ0n) is 24.3. The van der Waals surface area contributed by atoms with Crippen molar-refractivity contribution in [2.75, 3.05) is 152 Å². The van der Waals surface area contributed by atoms with E-state index in [0.717, 1.165) is 13.0 Å². The maximum atomic E-state index is 8.56. The Hall–Kier alpha value is -0.480. The lowest BCUT2D eigenvalue weighted by Crippen LogP contribution is -2.15. The topological polar surface area (TPSA) is 122 Å². The standard InChI is InChI=1S/C27H56O12/c1-2-3-4-6-29-8-10-31-12-14-33-16-18-35-20-22-37-24-26-39-27-25-38-23-21-36-19-17-34-15-13-32-11-9-30-7-5-28/h28H,2-27H2,1H3. The first-order chi connectivity index (χ1) is 19.4. The monoisotopic (exact) mass is 572 g/mol. The molecule has 12 nitrogen and oxygen atoms in total. The lowest BCUT2D eigenvalue weighted by molar-refractivity contribution is -0.0278. The predicted molar refractivity (Wildman–Crippen MR) is 146 cm³/mol. The van der Waals surface area contributed by atoms with Crippen molar-refractivity contribution in [3.8, 4) is 0 Å². The van der Waals surface area contributed by atoms with Crippen LogP contribution in [0.2, 0.25) is 0 Å². The highest BCUT2D eigenvalue weighted by Gasteiger charge is 1.96. The van der Waals surface area contributed by atoms with Gasteiger partial charge in [0.1, 0.15) is 0 Å². The van der Waals surface area contributed by atoms with E-state index in [1.54, 1.807) is 0 Å². The highest BCUT2D eigenvalue weighted by atomic mass is 16.6. The van der Waals surface area contributed by atoms with Crippen LogP contribution in [0.4, 0.5) is 0 Å². The Kier molecular flexibility index (Phi) is 37.1. The Morgan fingerprint density at radius 2 is 0.487 bits per heavy atom. The second-order valence-corrected chi connectivity index (χ2v) is 8.17. The summed E-state index contributed by atoms with van der Waals surface area (Å²) in [6.45, 7) is 14.0. The van der Waals surface area contributed by atoms with Crippen LogP contribution in [-0.2, 0) is 52.1 Å². The van der Waals surface area contributed by atoms with E-state index >= 15 is 0 Å². The van der Waals surface area contributed by atoms with Crippen molar-refractivity contribution >= 4 is 0 Å². The number of unbranched alkanes of at least 4 members (excludes halogenated alkanes) is 2. The molecule has 12 heteroatoms. The molecule has 0 atom stereocenters. The van der Waals surface area contributed by atoms with Gasteiger partial charge in [0.15, 0.2) is 0 Å². The molecule has 39 heavy (non-hydrogen) atoms. The van der Waals surface area contributed by atoms with Crippen molar-refractivity contribution < 1.29 is 57.2 Å². The lowest BCUT2D eigenvalue weighted by atomic mass is 10.3. The van der Waals surface area contributed by atoms with Crippen molar-refractivity contribution in [3.05, 3.63) is 0 Å². The fourth-order valence-electron chi connectivity index (χ4n) is 2.82. The third-order valence-electron chi connectivity index (χ3n) is 4.85. The van der Waals surface area contributed by atoms with Gasteiger partial charge in [-0.1, -0.05) is 19.8 Å². The Balaban J connectivity index is 3.01. The van der Waals surface area contributed by atoms with Crippen LogP contribution in [0.15, 0.2) is 0 Å². The SMILES string of the molecule is CCCCCOCCOCCOCCOCCOCCOCCOCCOCCOCCOCCOCCO. The van der Waals surface area contributed by atoms with Crippen LogP contribution in [0.5, 0.6) is 0 Å². The molecule has 0 saturated carbocycles. The number of hydrogen-bond donors (Lipinski definition) is 1. The molecular formula is C27H56O12. The zero-order chi connectivity index (χ0) is 28.2. The van der Waals surface area contributed by atoms with Gasteiger partial charge < -0.3 is 57.2 Å². The van der Waals surface area contributed by atoms with Gasteiger partial charge in [-0.2, -0.15) is 0 Å². The molecule has 0 aliphatic rings. The molecule has 0 fully saturated rings. The van der Waals surface area contributed by atoms with Crippen molar-refractivity contribution in [3.63, 3.8) is 0 Å². The Morgan fingerprint density at radius 1 is 0.282 bits per heavy atom. The number of rotatable bonds is 36. The van der Waals surface area contributed by atoms with Gasteiger partial charge in [0, 0.05) is 6.61 Å². The van der Waals surface area contributed by atoms with Crippen molar-refractivity contribution in [2.24, 2.45) is 0 Å². The second-order valence-electron chi connectivity index (χ2n) is 8.17. The number of hydrogen-bond acceptors (Lipinski definition) is 12. The molecule has 1 N–H and O–H groups in total. The summed E-state index contributed by atoms with van der Waals surface area (Å²) in [4.78, 5) is 0. The molecule has 0 radical (unpaired) electrons. The van der Waals surface area contributed by atoms with E-state index < -0.39 is 0 Å². The molecule has 0 saturated heterocycles. The quantitative estimate of drug-likeness (QED) is 0.109. The minimum atomic E-state index is 0.0284. The smallest absolute Gasteiger partial charge is 0.0701 e. The first kappa shape index (κ1) is 38.5. The molecule has 0 rings (SSSR count). The van der Waals surface area contributed by atoms with Crippen molar-refractivity contribution in [2.45, 2.75) is 26.2 Å². The largest absolute Gasteiger partial charge is 0.394 e.